The number of hydrogen-bond donors (Lipinski definition) is 1. The summed E-state index contributed by atoms with van der Waals surface area (Å²) in [6, 6.07) is 13.9. The van der Waals surface area contributed by atoms with Crippen LogP contribution in [0.2, 0.25) is 0 Å². The van der Waals surface area contributed by atoms with E-state index in [0.29, 0.717) is 15.6 Å². The maximum Gasteiger partial charge on any atom is 0.440 e. The highest BCUT2D eigenvalue weighted by atomic mass is 79.9. The molecule has 0 saturated heterocycles. The van der Waals surface area contributed by atoms with Gasteiger partial charge in [-0.3, -0.25) is 5.32 Å². The lowest BCUT2D eigenvalue weighted by Crippen LogP contribution is -2.31. The van der Waals surface area contributed by atoms with Gasteiger partial charge in [-0.25, -0.2) is 4.79 Å². The third kappa shape index (κ3) is 7.69. The van der Waals surface area contributed by atoms with Gasteiger partial charge in [-0.15, -0.1) is 11.8 Å². The third-order valence-corrected chi connectivity index (χ3v) is 9.65. The molecule has 0 spiro atoms. The molecule has 1 unspecified atom stereocenters. The number of carbonyl (C=O) groups excluding carboxylic acids is 1. The van der Waals surface area contributed by atoms with Gasteiger partial charge in [0.15, 0.2) is 12.0 Å². The van der Waals surface area contributed by atoms with Gasteiger partial charge < -0.3 is 4.74 Å². The van der Waals surface area contributed by atoms with Crippen LogP contribution in [0, 0.1) is 6.92 Å². The summed E-state index contributed by atoms with van der Waals surface area (Å²) in [6.07, 6.45) is 2.85. The third-order valence-electron chi connectivity index (χ3n) is 4.34. The van der Waals surface area contributed by atoms with E-state index in [1.165, 1.54) is 23.5 Å². The summed E-state index contributed by atoms with van der Waals surface area (Å²) in [7, 11) is -4.08. The summed E-state index contributed by atoms with van der Waals surface area (Å²) in [5, 5.41) is 3.17. The standard InChI is InChI=1S/C23H25BrN2O5S4/c1-15-9-11-18(12-10-15)35(28,29)26(31-34-17-8-6-7-16(24)13-17)19-14-20(33-21(19)32-5)25-22(27)30-23(2,3)4/h6-14,21H,1-5H3/p+1. The van der Waals surface area contributed by atoms with E-state index in [-0.39, 0.29) is 9.48 Å². The predicted molar refractivity (Wildman–Crippen MR) is 147 cm³/mol. The largest absolute Gasteiger partial charge is 0.444 e. The highest BCUT2D eigenvalue weighted by molar-refractivity contribution is 9.10. The first kappa shape index (κ1) is 28.0. The van der Waals surface area contributed by atoms with Crippen molar-refractivity contribution in [3.63, 3.8) is 0 Å². The lowest BCUT2D eigenvalue weighted by molar-refractivity contribution is -0.617. The minimum atomic E-state index is -4.08. The lowest BCUT2D eigenvalue weighted by atomic mass is 10.2. The summed E-state index contributed by atoms with van der Waals surface area (Å²) in [5.41, 5.74) is 0.649. The second kappa shape index (κ2) is 11.6. The minimum Gasteiger partial charge on any atom is -0.444 e. The molecule has 1 N–H and O–H groups in total. The van der Waals surface area contributed by atoms with Crippen molar-refractivity contribution in [3.05, 3.63) is 69.7 Å². The molecule has 0 saturated carbocycles. The number of nitrogens with one attached hydrogen (secondary N) is 1. The summed E-state index contributed by atoms with van der Waals surface area (Å²) in [5.74, 6) is 0. The molecule has 1 amide bonds. The molecule has 1 heterocycles. The number of sulfonamides is 1. The molecular weight excluding hydrogens is 592 g/mol. The molecule has 0 aromatic heterocycles. The Bertz CT molecular complexity index is 1260. The maximum atomic E-state index is 13.7. The molecule has 0 aliphatic carbocycles. The minimum absolute atomic E-state index is 0.0947. The SMILES string of the molecule is CSC1SC(NC(=O)OC(C)(C)C)=CC1=[N+](OSc1cccc(Br)c1)S(=O)(=O)c1ccc(C)cc1. The van der Waals surface area contributed by atoms with Crippen molar-refractivity contribution in [2.75, 3.05) is 6.26 Å². The van der Waals surface area contributed by atoms with E-state index >= 15 is 0 Å². The zero-order valence-corrected chi connectivity index (χ0v) is 24.6. The zero-order chi connectivity index (χ0) is 25.8. The molecular formula is C23H26BrN2O5S4+. The van der Waals surface area contributed by atoms with Crippen molar-refractivity contribution in [2.24, 2.45) is 0 Å². The average Bonchev–Trinajstić information content (AvgIpc) is 3.14. The number of ether oxygens (including phenoxy) is 1. The predicted octanol–water partition coefficient (Wildman–Crippen LogP) is 6.34. The summed E-state index contributed by atoms with van der Waals surface area (Å²) in [4.78, 5) is 13.1. The van der Waals surface area contributed by atoms with Crippen LogP contribution in [0.5, 0.6) is 0 Å². The normalized spacial score (nSPS) is 17.5. The number of alkyl carbamates (subject to hydrolysis) is 1. The Morgan fingerprint density at radius 3 is 2.46 bits per heavy atom. The van der Waals surface area contributed by atoms with E-state index in [4.69, 9.17) is 9.02 Å². The van der Waals surface area contributed by atoms with E-state index in [0.717, 1.165) is 26.2 Å². The molecule has 188 valence electrons. The number of thioether (sulfide) groups is 2. The Hall–Kier alpha value is -1.60. The van der Waals surface area contributed by atoms with E-state index in [1.807, 2.05) is 37.4 Å². The van der Waals surface area contributed by atoms with Crippen molar-refractivity contribution in [1.82, 2.24) is 5.32 Å². The molecule has 2 aromatic carbocycles. The topological polar surface area (TPSA) is 84.7 Å². The smallest absolute Gasteiger partial charge is 0.440 e. The number of nitrogens with zero attached hydrogens (tertiary/aromatic N) is 1. The van der Waals surface area contributed by atoms with E-state index in [2.05, 4.69) is 21.2 Å². The Morgan fingerprint density at radius 2 is 1.86 bits per heavy atom. The maximum absolute atomic E-state index is 13.7. The number of benzene rings is 2. The summed E-state index contributed by atoms with van der Waals surface area (Å²) in [6.45, 7) is 7.20. The number of carbonyl (C=O) groups is 1. The quantitative estimate of drug-likeness (QED) is 0.219. The van der Waals surface area contributed by atoms with Crippen LogP contribution in [0.15, 0.2) is 73.9 Å². The second-order valence-electron chi connectivity index (χ2n) is 8.41. The lowest BCUT2D eigenvalue weighted by Gasteiger charge is -2.19. The fourth-order valence-corrected chi connectivity index (χ4v) is 7.51. The van der Waals surface area contributed by atoms with Gasteiger partial charge >= 0.3 is 16.1 Å². The van der Waals surface area contributed by atoms with Crippen LogP contribution in [0.1, 0.15) is 26.3 Å². The van der Waals surface area contributed by atoms with E-state index in [1.54, 1.807) is 51.1 Å². The van der Waals surface area contributed by atoms with E-state index < -0.39 is 21.7 Å². The molecule has 12 heteroatoms. The molecule has 0 bridgehead atoms. The highest BCUT2D eigenvalue weighted by Gasteiger charge is 2.42. The molecule has 1 aliphatic rings. The molecule has 1 aliphatic heterocycles. The van der Waals surface area contributed by atoms with Gasteiger partial charge in [0.25, 0.3) is 5.71 Å². The Kier molecular flexibility index (Phi) is 9.30. The van der Waals surface area contributed by atoms with Crippen molar-refractivity contribution in [1.29, 1.82) is 0 Å². The van der Waals surface area contributed by atoms with Crippen molar-refractivity contribution in [2.45, 2.75) is 47.7 Å². The summed E-state index contributed by atoms with van der Waals surface area (Å²) >= 11 is 7.08. The van der Waals surface area contributed by atoms with E-state index in [9.17, 15) is 13.2 Å². The fraction of sp³-hybridized carbons (Fsp3) is 0.304. The number of rotatable bonds is 7. The number of aryl methyl sites for hydroxylation is 1. The van der Waals surface area contributed by atoms with Crippen LogP contribution in [0.4, 0.5) is 4.79 Å². The number of allylic oxidation sites excluding steroid dienone is 1. The number of hydrogen-bond acceptors (Lipinski definition) is 8. The Balaban J connectivity index is 2.03. The van der Waals surface area contributed by atoms with Crippen LogP contribution >= 0.6 is 51.5 Å². The first-order valence-electron chi connectivity index (χ1n) is 10.4. The summed E-state index contributed by atoms with van der Waals surface area (Å²) < 4.78 is 40.0. The van der Waals surface area contributed by atoms with Crippen molar-refractivity contribution >= 4 is 73.3 Å². The average molecular weight is 619 g/mol. The molecule has 0 fully saturated rings. The highest BCUT2D eigenvalue weighted by Crippen LogP contribution is 2.37. The molecule has 1 atom stereocenters. The van der Waals surface area contributed by atoms with Gasteiger partial charge in [0.05, 0.1) is 9.92 Å². The van der Waals surface area contributed by atoms with Crippen LogP contribution in [0.3, 0.4) is 0 Å². The Morgan fingerprint density at radius 1 is 1.17 bits per heavy atom. The molecule has 2 aromatic rings. The van der Waals surface area contributed by atoms with Gasteiger partial charge in [0.2, 0.25) is 0 Å². The van der Waals surface area contributed by atoms with Crippen LogP contribution < -0.4 is 5.32 Å². The van der Waals surface area contributed by atoms with Gasteiger partial charge in [-0.05, 0) is 64.3 Å². The number of halogens is 1. The van der Waals surface area contributed by atoms with Gasteiger partial charge in [-0.1, -0.05) is 51.5 Å². The second-order valence-corrected chi connectivity index (χ2v) is 14.3. The van der Waals surface area contributed by atoms with Crippen molar-refractivity contribution < 1.29 is 26.4 Å². The molecule has 7 nitrogen and oxygen atoms in total. The van der Waals surface area contributed by atoms with Crippen molar-refractivity contribution in [3.8, 4) is 0 Å². The van der Waals surface area contributed by atoms with Crippen LogP contribution in [-0.4, -0.2) is 40.8 Å². The van der Waals surface area contributed by atoms with Gasteiger partial charge in [0, 0.05) is 10.5 Å². The first-order chi connectivity index (χ1) is 16.4. The fourth-order valence-electron chi connectivity index (χ4n) is 2.81. The monoisotopic (exact) mass is 617 g/mol. The first-order valence-corrected chi connectivity index (χ1v) is 15.5. The van der Waals surface area contributed by atoms with Crippen LogP contribution in [-0.2, 0) is 19.0 Å². The zero-order valence-electron chi connectivity index (χ0n) is 19.8. The molecule has 3 rings (SSSR count). The Labute approximate surface area is 227 Å². The van der Waals surface area contributed by atoms with Gasteiger partial charge in [0.1, 0.15) is 19.2 Å². The van der Waals surface area contributed by atoms with Gasteiger partial charge in [-0.2, -0.15) is 12.7 Å². The molecule has 35 heavy (non-hydrogen) atoms. The molecule has 0 radical (unpaired) electrons. The van der Waals surface area contributed by atoms with Crippen LogP contribution in [0.25, 0.3) is 0 Å². The number of amides is 1.